The minimum Gasteiger partial charge on any atom is -0.337 e. The second-order valence-corrected chi connectivity index (χ2v) is 6.90. The molecule has 0 fully saturated rings. The van der Waals surface area contributed by atoms with E-state index >= 15 is 0 Å². The van der Waals surface area contributed by atoms with Crippen molar-refractivity contribution in [3.63, 3.8) is 0 Å². The van der Waals surface area contributed by atoms with Gasteiger partial charge in [-0.2, -0.15) is 0 Å². The Morgan fingerprint density at radius 2 is 2.14 bits per heavy atom. The summed E-state index contributed by atoms with van der Waals surface area (Å²) in [5, 5.41) is 0. The van der Waals surface area contributed by atoms with E-state index in [1.165, 1.54) is 23.5 Å². The van der Waals surface area contributed by atoms with Gasteiger partial charge in [-0.15, -0.1) is 11.3 Å². The molecule has 0 saturated heterocycles. The molecule has 0 radical (unpaired) electrons. The quantitative estimate of drug-likeness (QED) is 0.637. The number of hydrogen-bond acceptors (Lipinski definition) is 4. The van der Waals surface area contributed by atoms with Crippen molar-refractivity contribution in [1.82, 2.24) is 4.98 Å². The van der Waals surface area contributed by atoms with Gasteiger partial charge in [0, 0.05) is 10.7 Å². The summed E-state index contributed by atoms with van der Waals surface area (Å²) >= 11 is 6.25. The number of H-pyrrole nitrogens is 1. The van der Waals surface area contributed by atoms with E-state index in [-0.39, 0.29) is 4.90 Å². The third kappa shape index (κ3) is 1.83. The molecule has 0 aliphatic heterocycles. The fourth-order valence-electron chi connectivity index (χ4n) is 1.08. The molecule has 0 amide bonds. The first kappa shape index (κ1) is 10.1. The summed E-state index contributed by atoms with van der Waals surface area (Å²) in [6.07, 6.45) is 0. The number of aromatic nitrogens is 1. The van der Waals surface area contributed by atoms with Crippen LogP contribution in [0.1, 0.15) is 0 Å². The lowest BCUT2D eigenvalue weighted by molar-refractivity contribution is 0.609. The molecule has 1 aromatic heterocycles. The largest absolute Gasteiger partial charge is 0.337 e. The van der Waals surface area contributed by atoms with Crippen LogP contribution >= 0.6 is 34.2 Å². The summed E-state index contributed by atoms with van der Waals surface area (Å²) in [5.41, 5.74) is 0.823. The molecule has 1 aromatic carbocycles. The van der Waals surface area contributed by atoms with Crippen molar-refractivity contribution in [1.29, 1.82) is 0 Å². The summed E-state index contributed by atoms with van der Waals surface area (Å²) in [4.78, 5) is 3.03. The maximum atomic E-state index is 11.0. The number of aromatic amines is 1. The highest BCUT2D eigenvalue weighted by Crippen LogP contribution is 2.24. The van der Waals surface area contributed by atoms with Crippen molar-refractivity contribution in [2.45, 2.75) is 4.90 Å². The average Bonchev–Trinajstić information content (AvgIpc) is 2.41. The van der Waals surface area contributed by atoms with E-state index in [1.54, 1.807) is 6.07 Å². The number of thiazole rings is 1. The summed E-state index contributed by atoms with van der Waals surface area (Å²) < 4.78 is 23.4. The van der Waals surface area contributed by atoms with Crippen LogP contribution in [0.4, 0.5) is 0 Å². The van der Waals surface area contributed by atoms with Gasteiger partial charge in [0.05, 0.1) is 15.1 Å². The molecule has 0 aliphatic rings. The number of benzene rings is 1. The van der Waals surface area contributed by atoms with Crippen molar-refractivity contribution in [2.24, 2.45) is 0 Å². The topological polar surface area (TPSA) is 49.9 Å². The molecule has 14 heavy (non-hydrogen) atoms. The summed E-state index contributed by atoms with van der Waals surface area (Å²) in [5.74, 6) is 0. The predicted octanol–water partition coefficient (Wildman–Crippen LogP) is 2.89. The van der Waals surface area contributed by atoms with E-state index in [2.05, 4.69) is 4.98 Å². The summed E-state index contributed by atoms with van der Waals surface area (Å²) in [6.45, 7) is 0. The van der Waals surface area contributed by atoms with Gasteiger partial charge in [-0.1, -0.05) is 0 Å². The Morgan fingerprint density at radius 3 is 2.79 bits per heavy atom. The van der Waals surface area contributed by atoms with Crippen LogP contribution in [0.5, 0.6) is 0 Å². The highest BCUT2D eigenvalue weighted by atomic mass is 35.7. The average molecular weight is 266 g/mol. The Labute approximate surface area is 93.8 Å². The van der Waals surface area contributed by atoms with Crippen LogP contribution in [0.3, 0.4) is 0 Å². The Bertz CT molecular complexity index is 640. The Balaban J connectivity index is 2.80. The molecule has 74 valence electrons. The van der Waals surface area contributed by atoms with Gasteiger partial charge in [-0.25, -0.2) is 8.42 Å². The van der Waals surface area contributed by atoms with Crippen molar-refractivity contribution in [2.75, 3.05) is 0 Å². The van der Waals surface area contributed by atoms with E-state index in [0.717, 1.165) is 10.2 Å². The Kier molecular flexibility index (Phi) is 2.38. The molecular weight excluding hydrogens is 262 g/mol. The number of hydrogen-bond donors (Lipinski definition) is 1. The lowest BCUT2D eigenvalue weighted by atomic mass is 10.3. The zero-order valence-electron chi connectivity index (χ0n) is 6.65. The molecule has 7 heteroatoms. The molecule has 2 rings (SSSR count). The fraction of sp³-hybridized carbons (Fsp3) is 0. The molecule has 0 atom stereocenters. The zero-order chi connectivity index (χ0) is 10.3. The van der Waals surface area contributed by atoms with Crippen molar-refractivity contribution < 1.29 is 8.42 Å². The van der Waals surface area contributed by atoms with Crippen molar-refractivity contribution in [3.8, 4) is 0 Å². The summed E-state index contributed by atoms with van der Waals surface area (Å²) in [7, 11) is 1.55. The SMILES string of the molecule is O=S(=O)(Cl)c1ccc2[nH]c(=S)sc2c1. The smallest absolute Gasteiger partial charge is 0.261 e. The second kappa shape index (κ2) is 3.30. The van der Waals surface area contributed by atoms with Gasteiger partial charge >= 0.3 is 0 Å². The van der Waals surface area contributed by atoms with Crippen LogP contribution in [0.15, 0.2) is 23.1 Å². The van der Waals surface area contributed by atoms with Gasteiger partial charge in [0.15, 0.2) is 3.95 Å². The number of fused-ring (bicyclic) bond motifs is 1. The molecule has 0 saturated carbocycles. The first-order chi connectivity index (χ1) is 6.47. The molecule has 1 heterocycles. The first-order valence-electron chi connectivity index (χ1n) is 3.54. The number of rotatable bonds is 1. The molecule has 3 nitrogen and oxygen atoms in total. The van der Waals surface area contributed by atoms with Gasteiger partial charge in [-0.3, -0.25) is 0 Å². The maximum Gasteiger partial charge on any atom is 0.261 e. The number of nitrogens with one attached hydrogen (secondary N) is 1. The first-order valence-corrected chi connectivity index (χ1v) is 7.08. The third-order valence-electron chi connectivity index (χ3n) is 1.67. The zero-order valence-corrected chi connectivity index (χ0v) is 9.86. The molecule has 1 N–H and O–H groups in total. The van der Waals surface area contributed by atoms with Crippen LogP contribution in [0.25, 0.3) is 10.2 Å². The highest BCUT2D eigenvalue weighted by Gasteiger charge is 2.10. The standard InChI is InChI=1S/C7H4ClNO2S3/c8-14(10,11)4-1-2-5-6(3-4)13-7(12)9-5/h1-3H,(H,9,12). The van der Waals surface area contributed by atoms with Gasteiger partial charge < -0.3 is 4.98 Å². The maximum absolute atomic E-state index is 11.0. The van der Waals surface area contributed by atoms with E-state index in [9.17, 15) is 8.42 Å². The molecule has 0 spiro atoms. The van der Waals surface area contributed by atoms with Crippen LogP contribution in [-0.2, 0) is 9.05 Å². The van der Waals surface area contributed by atoms with Crippen LogP contribution in [-0.4, -0.2) is 13.4 Å². The van der Waals surface area contributed by atoms with Gasteiger partial charge in [0.25, 0.3) is 9.05 Å². The Hall–Kier alpha value is -0.430. The third-order valence-corrected chi connectivity index (χ3v) is 4.22. The minimum atomic E-state index is -3.65. The minimum absolute atomic E-state index is 0.0944. The molecular formula is C7H4ClNO2S3. The van der Waals surface area contributed by atoms with E-state index in [4.69, 9.17) is 22.9 Å². The van der Waals surface area contributed by atoms with Crippen molar-refractivity contribution in [3.05, 3.63) is 22.2 Å². The number of halogens is 1. The van der Waals surface area contributed by atoms with Crippen LogP contribution in [0.2, 0.25) is 0 Å². The van der Waals surface area contributed by atoms with E-state index in [0.29, 0.717) is 3.95 Å². The summed E-state index contributed by atoms with van der Waals surface area (Å²) in [6, 6.07) is 4.61. The second-order valence-electron chi connectivity index (χ2n) is 2.61. The fourth-order valence-corrected chi connectivity index (χ4v) is 3.08. The van der Waals surface area contributed by atoms with Gasteiger partial charge in [0.1, 0.15) is 0 Å². The molecule has 0 unspecified atom stereocenters. The lowest BCUT2D eigenvalue weighted by Gasteiger charge is -1.94. The van der Waals surface area contributed by atoms with E-state index < -0.39 is 9.05 Å². The van der Waals surface area contributed by atoms with E-state index in [1.807, 2.05) is 0 Å². The lowest BCUT2D eigenvalue weighted by Crippen LogP contribution is -1.88. The van der Waals surface area contributed by atoms with Crippen LogP contribution < -0.4 is 0 Å². The highest BCUT2D eigenvalue weighted by molar-refractivity contribution is 8.13. The molecule has 0 bridgehead atoms. The molecule has 2 aromatic rings. The Morgan fingerprint density at radius 1 is 1.43 bits per heavy atom. The normalized spacial score (nSPS) is 12.1. The monoisotopic (exact) mass is 265 g/mol. The van der Waals surface area contributed by atoms with Gasteiger partial charge in [0.2, 0.25) is 0 Å². The predicted molar refractivity (Wildman–Crippen MR) is 60.0 cm³/mol. The van der Waals surface area contributed by atoms with Crippen molar-refractivity contribution >= 4 is 53.5 Å². The van der Waals surface area contributed by atoms with Crippen LogP contribution in [0, 0.1) is 3.95 Å². The van der Waals surface area contributed by atoms with Gasteiger partial charge in [-0.05, 0) is 30.4 Å². The molecule has 0 aliphatic carbocycles.